The zero-order valence-corrected chi connectivity index (χ0v) is 8.51. The molecule has 0 bridgehead atoms. The minimum absolute atomic E-state index is 0.0329. The molecule has 0 aromatic rings. The molecule has 0 amide bonds. The zero-order chi connectivity index (χ0) is 9.78. The minimum Gasteiger partial charge on any atom is -0.347 e. The van der Waals surface area contributed by atoms with Crippen LogP contribution in [0.3, 0.4) is 0 Å². The van der Waals surface area contributed by atoms with Gasteiger partial charge in [0.05, 0.1) is 6.61 Å². The summed E-state index contributed by atoms with van der Waals surface area (Å²) < 4.78 is 10.4. The maximum Gasteiger partial charge on any atom is 0.163 e. The van der Waals surface area contributed by atoms with Gasteiger partial charge in [0.25, 0.3) is 0 Å². The van der Waals surface area contributed by atoms with Crippen LogP contribution in [0, 0.1) is 0 Å². The van der Waals surface area contributed by atoms with Gasteiger partial charge in [-0.1, -0.05) is 13.8 Å². The largest absolute Gasteiger partial charge is 0.347 e. The first-order valence-electron chi connectivity index (χ1n) is 4.33. The standard InChI is InChI=1S/C7H12O3.C2H6/c1-5(8)6-4-9-7(2,3)10-6;1-2/h6H,4H2,1-3H3;1-2H3/t6-;/m1./s1. The van der Waals surface area contributed by atoms with Crippen molar-refractivity contribution < 1.29 is 14.3 Å². The van der Waals surface area contributed by atoms with Crippen LogP contribution in [0.25, 0.3) is 0 Å². The maximum absolute atomic E-state index is 10.7. The number of ketones is 1. The Bertz CT molecular complexity index is 152. The summed E-state index contributed by atoms with van der Waals surface area (Å²) >= 11 is 0. The van der Waals surface area contributed by atoms with E-state index in [1.165, 1.54) is 6.92 Å². The van der Waals surface area contributed by atoms with Crippen LogP contribution >= 0.6 is 0 Å². The Morgan fingerprint density at radius 3 is 2.08 bits per heavy atom. The molecule has 0 N–H and O–H groups in total. The van der Waals surface area contributed by atoms with Gasteiger partial charge in [0.1, 0.15) is 6.10 Å². The third kappa shape index (κ3) is 3.32. The van der Waals surface area contributed by atoms with Crippen molar-refractivity contribution in [2.75, 3.05) is 6.61 Å². The molecule has 3 nitrogen and oxygen atoms in total. The van der Waals surface area contributed by atoms with E-state index < -0.39 is 5.79 Å². The van der Waals surface area contributed by atoms with Gasteiger partial charge < -0.3 is 9.47 Å². The van der Waals surface area contributed by atoms with E-state index in [1.54, 1.807) is 13.8 Å². The number of carbonyl (C=O) groups excluding carboxylic acids is 1. The number of hydrogen-bond acceptors (Lipinski definition) is 3. The van der Waals surface area contributed by atoms with Crippen molar-refractivity contribution >= 4 is 5.78 Å². The maximum atomic E-state index is 10.7. The van der Waals surface area contributed by atoms with Gasteiger partial charge in [0.2, 0.25) is 0 Å². The molecule has 72 valence electrons. The van der Waals surface area contributed by atoms with Gasteiger partial charge in [-0.25, -0.2) is 0 Å². The first kappa shape index (κ1) is 11.6. The van der Waals surface area contributed by atoms with Gasteiger partial charge >= 0.3 is 0 Å². The molecule has 1 aliphatic rings. The molecule has 1 saturated heterocycles. The van der Waals surface area contributed by atoms with Crippen molar-refractivity contribution in [2.24, 2.45) is 0 Å². The van der Waals surface area contributed by atoms with Crippen molar-refractivity contribution in [1.82, 2.24) is 0 Å². The molecular formula is C9H18O3. The molecule has 0 aromatic carbocycles. The number of carbonyl (C=O) groups is 1. The van der Waals surface area contributed by atoms with E-state index >= 15 is 0 Å². The normalized spacial score (nSPS) is 25.9. The molecule has 1 aliphatic heterocycles. The molecule has 1 rings (SSSR count). The minimum atomic E-state index is -0.573. The van der Waals surface area contributed by atoms with Gasteiger partial charge in [0.15, 0.2) is 11.6 Å². The smallest absolute Gasteiger partial charge is 0.163 e. The van der Waals surface area contributed by atoms with Crippen molar-refractivity contribution in [3.8, 4) is 0 Å². The highest BCUT2D eigenvalue weighted by molar-refractivity contribution is 5.80. The summed E-state index contributed by atoms with van der Waals surface area (Å²) in [4.78, 5) is 10.7. The lowest BCUT2D eigenvalue weighted by Gasteiger charge is -2.15. The summed E-state index contributed by atoms with van der Waals surface area (Å²) in [5.74, 6) is -0.540. The fourth-order valence-electron chi connectivity index (χ4n) is 0.887. The summed E-state index contributed by atoms with van der Waals surface area (Å²) in [6.45, 7) is 9.50. The van der Waals surface area contributed by atoms with Crippen LogP contribution in [-0.2, 0) is 14.3 Å². The molecule has 0 spiro atoms. The fraction of sp³-hybridized carbons (Fsp3) is 0.889. The first-order chi connectivity index (χ1) is 5.51. The summed E-state index contributed by atoms with van der Waals surface area (Å²) in [5.41, 5.74) is 0. The molecule has 0 aromatic heterocycles. The quantitative estimate of drug-likeness (QED) is 0.607. The molecular weight excluding hydrogens is 156 g/mol. The summed E-state index contributed by atoms with van der Waals surface area (Å²) in [6, 6.07) is 0. The van der Waals surface area contributed by atoms with E-state index in [-0.39, 0.29) is 11.9 Å². The van der Waals surface area contributed by atoms with Crippen LogP contribution in [0.15, 0.2) is 0 Å². The van der Waals surface area contributed by atoms with E-state index in [2.05, 4.69) is 0 Å². The second kappa shape index (κ2) is 4.58. The predicted molar refractivity (Wildman–Crippen MR) is 46.9 cm³/mol. The van der Waals surface area contributed by atoms with E-state index in [4.69, 9.17) is 9.47 Å². The Hall–Kier alpha value is -0.410. The van der Waals surface area contributed by atoms with Gasteiger partial charge in [0, 0.05) is 0 Å². The molecule has 1 fully saturated rings. The molecule has 1 atom stereocenters. The Morgan fingerprint density at radius 2 is 1.92 bits per heavy atom. The highest BCUT2D eigenvalue weighted by Gasteiger charge is 2.34. The first-order valence-corrected chi connectivity index (χ1v) is 4.33. The molecule has 3 heteroatoms. The molecule has 1 heterocycles. The summed E-state index contributed by atoms with van der Waals surface area (Å²) in [7, 11) is 0. The highest BCUT2D eigenvalue weighted by atomic mass is 16.7. The zero-order valence-electron chi connectivity index (χ0n) is 8.51. The average molecular weight is 174 g/mol. The van der Waals surface area contributed by atoms with E-state index in [0.29, 0.717) is 6.61 Å². The van der Waals surface area contributed by atoms with Crippen LogP contribution in [-0.4, -0.2) is 24.3 Å². The molecule has 0 radical (unpaired) electrons. The second-order valence-corrected chi connectivity index (χ2v) is 2.93. The van der Waals surface area contributed by atoms with Crippen molar-refractivity contribution in [2.45, 2.75) is 46.5 Å². The molecule has 0 saturated carbocycles. The predicted octanol–water partition coefficient (Wildman–Crippen LogP) is 1.75. The lowest BCUT2D eigenvalue weighted by Crippen LogP contribution is -2.24. The number of rotatable bonds is 1. The molecule has 12 heavy (non-hydrogen) atoms. The van der Waals surface area contributed by atoms with Gasteiger partial charge in [-0.15, -0.1) is 0 Å². The van der Waals surface area contributed by atoms with Crippen LogP contribution in [0.4, 0.5) is 0 Å². The van der Waals surface area contributed by atoms with E-state index in [9.17, 15) is 4.79 Å². The van der Waals surface area contributed by atoms with Crippen LogP contribution in [0.2, 0.25) is 0 Å². The van der Waals surface area contributed by atoms with E-state index in [1.807, 2.05) is 13.8 Å². The Morgan fingerprint density at radius 1 is 1.42 bits per heavy atom. The monoisotopic (exact) mass is 174 g/mol. The van der Waals surface area contributed by atoms with Gasteiger partial charge in [-0.2, -0.15) is 0 Å². The van der Waals surface area contributed by atoms with Crippen LogP contribution < -0.4 is 0 Å². The van der Waals surface area contributed by atoms with E-state index in [0.717, 1.165) is 0 Å². The van der Waals surface area contributed by atoms with Crippen molar-refractivity contribution in [1.29, 1.82) is 0 Å². The Kier molecular flexibility index (Phi) is 4.42. The summed E-state index contributed by atoms with van der Waals surface area (Å²) in [6.07, 6.45) is -0.352. The van der Waals surface area contributed by atoms with Crippen molar-refractivity contribution in [3.05, 3.63) is 0 Å². The highest BCUT2D eigenvalue weighted by Crippen LogP contribution is 2.22. The fourth-order valence-corrected chi connectivity index (χ4v) is 0.887. The number of hydrogen-bond donors (Lipinski definition) is 0. The number of ether oxygens (including phenoxy) is 2. The van der Waals surface area contributed by atoms with Crippen LogP contribution in [0.1, 0.15) is 34.6 Å². The third-order valence-corrected chi connectivity index (χ3v) is 1.46. The van der Waals surface area contributed by atoms with Crippen LogP contribution in [0.5, 0.6) is 0 Å². The Balaban J connectivity index is 0.000000561. The molecule has 0 aliphatic carbocycles. The second-order valence-electron chi connectivity index (χ2n) is 2.93. The third-order valence-electron chi connectivity index (χ3n) is 1.46. The lowest BCUT2D eigenvalue weighted by atomic mass is 10.3. The Labute approximate surface area is 74.0 Å². The summed E-state index contributed by atoms with van der Waals surface area (Å²) in [5, 5.41) is 0. The SMILES string of the molecule is CC.CC(=O)[C@H]1COC(C)(C)O1. The lowest BCUT2D eigenvalue weighted by molar-refractivity contribution is -0.150. The van der Waals surface area contributed by atoms with Crippen molar-refractivity contribution in [3.63, 3.8) is 0 Å². The van der Waals surface area contributed by atoms with Gasteiger partial charge in [-0.3, -0.25) is 4.79 Å². The number of Topliss-reactive ketones (excluding diaryl/α,β-unsaturated/α-hetero) is 1. The topological polar surface area (TPSA) is 35.5 Å². The average Bonchev–Trinajstić information content (AvgIpc) is 2.35. The molecule has 0 unspecified atom stereocenters. The van der Waals surface area contributed by atoms with Gasteiger partial charge in [-0.05, 0) is 20.8 Å².